The summed E-state index contributed by atoms with van der Waals surface area (Å²) in [4.78, 5) is 15.4. The largest absolute Gasteiger partial charge is 0.508 e. The topological polar surface area (TPSA) is 83.1 Å². The van der Waals surface area contributed by atoms with Crippen LogP contribution in [0.4, 0.5) is 0 Å². The van der Waals surface area contributed by atoms with Gasteiger partial charge in [-0.3, -0.25) is 4.79 Å². The molecule has 2 aromatic carbocycles. The first-order chi connectivity index (χ1) is 15.2. The molecule has 5 unspecified atom stereocenters. The van der Waals surface area contributed by atoms with E-state index in [0.29, 0.717) is 13.2 Å². The summed E-state index contributed by atoms with van der Waals surface area (Å²) in [6.07, 6.45) is 2.08. The van der Waals surface area contributed by atoms with Gasteiger partial charge in [-0.15, -0.1) is 0 Å². The van der Waals surface area contributed by atoms with Crippen LogP contribution in [0.1, 0.15) is 43.0 Å². The van der Waals surface area contributed by atoms with E-state index in [1.54, 1.807) is 6.07 Å². The summed E-state index contributed by atoms with van der Waals surface area (Å²) >= 11 is 0. The molecule has 0 saturated carbocycles. The van der Waals surface area contributed by atoms with Gasteiger partial charge in [0, 0.05) is 24.6 Å². The number of nitrogens with one attached hydrogen (secondary N) is 2. The van der Waals surface area contributed by atoms with Gasteiger partial charge in [-0.1, -0.05) is 30.3 Å². The first kappa shape index (κ1) is 20.3. The fraction of sp³-hybridized carbons (Fsp3) is 0.458. The average molecular weight is 424 g/mol. The molecule has 3 heterocycles. The highest BCUT2D eigenvalue weighted by Gasteiger charge is 2.56. The van der Waals surface area contributed by atoms with E-state index >= 15 is 0 Å². The molecule has 3 fully saturated rings. The van der Waals surface area contributed by atoms with Crippen molar-refractivity contribution >= 4 is 5.91 Å². The molecule has 31 heavy (non-hydrogen) atoms. The number of carbonyl (C=O) groups excluding carboxylic acids is 1. The zero-order valence-corrected chi connectivity index (χ0v) is 17.7. The highest BCUT2D eigenvalue weighted by atomic mass is 16.5. The molecule has 5 atom stereocenters. The number of aromatic hydroxyl groups is 1. The third-order valence-electron chi connectivity index (χ3n) is 6.64. The number of nitrogens with zero attached hydrogens (tertiary/aromatic N) is 1. The van der Waals surface area contributed by atoms with E-state index in [9.17, 15) is 9.90 Å². The SMILES string of the molecule is CCOc1ccc(C2C3C(NNC3c3ccccc3O)C(=O)N2CC2CCCO2)cc1. The molecular weight excluding hydrogens is 394 g/mol. The van der Waals surface area contributed by atoms with Crippen molar-refractivity contribution in [2.24, 2.45) is 5.92 Å². The first-order valence-corrected chi connectivity index (χ1v) is 11.1. The molecule has 0 aromatic heterocycles. The summed E-state index contributed by atoms with van der Waals surface area (Å²) in [5, 5.41) is 10.5. The summed E-state index contributed by atoms with van der Waals surface area (Å²) in [7, 11) is 0. The molecule has 3 aliphatic heterocycles. The van der Waals surface area contributed by atoms with Gasteiger partial charge in [0.1, 0.15) is 17.5 Å². The Labute approximate surface area is 182 Å². The fourth-order valence-electron chi connectivity index (χ4n) is 5.26. The second-order valence-electron chi connectivity index (χ2n) is 8.45. The normalized spacial score (nSPS) is 30.0. The smallest absolute Gasteiger partial charge is 0.242 e. The maximum atomic E-state index is 13.5. The Morgan fingerprint density at radius 1 is 1.13 bits per heavy atom. The molecule has 0 aliphatic carbocycles. The van der Waals surface area contributed by atoms with Crippen molar-refractivity contribution in [2.45, 2.75) is 44.0 Å². The predicted molar refractivity (Wildman–Crippen MR) is 115 cm³/mol. The van der Waals surface area contributed by atoms with E-state index in [1.165, 1.54) is 0 Å². The van der Waals surface area contributed by atoms with E-state index in [0.717, 1.165) is 36.3 Å². The lowest BCUT2D eigenvalue weighted by atomic mass is 9.83. The van der Waals surface area contributed by atoms with E-state index < -0.39 is 0 Å². The summed E-state index contributed by atoms with van der Waals surface area (Å²) in [5.74, 6) is 1.06. The molecule has 0 radical (unpaired) electrons. The van der Waals surface area contributed by atoms with Crippen molar-refractivity contribution < 1.29 is 19.4 Å². The highest BCUT2D eigenvalue weighted by molar-refractivity contribution is 5.86. The quantitative estimate of drug-likeness (QED) is 0.663. The Morgan fingerprint density at radius 2 is 1.90 bits per heavy atom. The van der Waals surface area contributed by atoms with Crippen LogP contribution in [0.3, 0.4) is 0 Å². The monoisotopic (exact) mass is 423 g/mol. The Morgan fingerprint density at radius 3 is 2.61 bits per heavy atom. The van der Waals surface area contributed by atoms with E-state index in [-0.39, 0.29) is 41.8 Å². The summed E-state index contributed by atoms with van der Waals surface area (Å²) < 4.78 is 11.5. The summed E-state index contributed by atoms with van der Waals surface area (Å²) in [5.41, 5.74) is 8.35. The minimum absolute atomic E-state index is 0.0693. The van der Waals surface area contributed by atoms with Crippen LogP contribution in [0.25, 0.3) is 0 Å². The fourth-order valence-corrected chi connectivity index (χ4v) is 5.26. The number of para-hydroxylation sites is 1. The van der Waals surface area contributed by atoms with Crippen LogP contribution in [0.2, 0.25) is 0 Å². The first-order valence-electron chi connectivity index (χ1n) is 11.1. The minimum Gasteiger partial charge on any atom is -0.508 e. The number of phenols is 1. The molecule has 164 valence electrons. The van der Waals surface area contributed by atoms with Gasteiger partial charge in [-0.05, 0) is 43.5 Å². The Balaban J connectivity index is 1.52. The number of rotatable bonds is 6. The lowest BCUT2D eigenvalue weighted by molar-refractivity contribution is -0.132. The molecule has 3 N–H and O–H groups in total. The third kappa shape index (κ3) is 3.67. The molecule has 7 heteroatoms. The number of fused-ring (bicyclic) bond motifs is 1. The van der Waals surface area contributed by atoms with Crippen molar-refractivity contribution in [1.82, 2.24) is 15.8 Å². The third-order valence-corrected chi connectivity index (χ3v) is 6.64. The van der Waals surface area contributed by atoms with Crippen LogP contribution >= 0.6 is 0 Å². The Kier molecular flexibility index (Phi) is 5.56. The standard InChI is InChI=1S/C24H29N3O4/c1-2-30-16-11-9-15(10-12-16)23-20-21(18-7-3-4-8-19(18)28)25-26-22(20)24(29)27(23)14-17-6-5-13-31-17/h3-4,7-12,17,20-23,25-26,28H,2,5-6,13-14H2,1H3. The maximum Gasteiger partial charge on any atom is 0.242 e. The van der Waals surface area contributed by atoms with E-state index in [1.807, 2.05) is 54.3 Å². The molecule has 3 aliphatic rings. The number of carbonyl (C=O) groups is 1. The molecule has 0 bridgehead atoms. The molecule has 1 amide bonds. The molecule has 0 spiro atoms. The van der Waals surface area contributed by atoms with Crippen molar-refractivity contribution in [3.05, 3.63) is 59.7 Å². The number of likely N-dealkylation sites (tertiary alicyclic amines) is 1. The van der Waals surface area contributed by atoms with E-state index in [2.05, 4.69) is 10.9 Å². The maximum absolute atomic E-state index is 13.5. The van der Waals surface area contributed by atoms with Gasteiger partial charge in [-0.25, -0.2) is 10.9 Å². The lowest BCUT2D eigenvalue weighted by Crippen LogP contribution is -2.43. The minimum atomic E-state index is -0.359. The Bertz CT molecular complexity index is 929. The number of hydrogen-bond acceptors (Lipinski definition) is 6. The van der Waals surface area contributed by atoms with Gasteiger partial charge in [0.2, 0.25) is 5.91 Å². The zero-order chi connectivity index (χ0) is 21.4. The van der Waals surface area contributed by atoms with Crippen molar-refractivity contribution in [2.75, 3.05) is 19.8 Å². The van der Waals surface area contributed by atoms with Crippen LogP contribution in [0.15, 0.2) is 48.5 Å². The number of benzene rings is 2. The molecule has 2 aromatic rings. The lowest BCUT2D eigenvalue weighted by Gasteiger charge is -2.32. The molecule has 7 nitrogen and oxygen atoms in total. The van der Waals surface area contributed by atoms with Gasteiger partial charge in [-0.2, -0.15) is 0 Å². The van der Waals surface area contributed by atoms with Gasteiger partial charge < -0.3 is 19.5 Å². The van der Waals surface area contributed by atoms with Gasteiger partial charge in [0.25, 0.3) is 0 Å². The number of hydrogen-bond donors (Lipinski definition) is 3. The molecule has 5 rings (SSSR count). The number of phenolic OH excluding ortho intramolecular Hbond substituents is 1. The van der Waals surface area contributed by atoms with Crippen LogP contribution in [0.5, 0.6) is 11.5 Å². The summed E-state index contributed by atoms with van der Waals surface area (Å²) in [6, 6.07) is 14.7. The van der Waals surface area contributed by atoms with E-state index in [4.69, 9.17) is 9.47 Å². The second kappa shape index (κ2) is 8.49. The number of ether oxygens (including phenoxy) is 2. The van der Waals surface area contributed by atoms with Crippen LogP contribution in [-0.2, 0) is 9.53 Å². The number of hydrazine groups is 1. The molecular formula is C24H29N3O4. The predicted octanol–water partition coefficient (Wildman–Crippen LogP) is 2.69. The van der Waals surface area contributed by atoms with Crippen LogP contribution < -0.4 is 15.6 Å². The van der Waals surface area contributed by atoms with Crippen LogP contribution in [0, 0.1) is 5.92 Å². The summed E-state index contributed by atoms with van der Waals surface area (Å²) in [6.45, 7) is 3.91. The van der Waals surface area contributed by atoms with Crippen molar-refractivity contribution in [1.29, 1.82) is 0 Å². The zero-order valence-electron chi connectivity index (χ0n) is 17.7. The number of amides is 1. The molecule has 3 saturated heterocycles. The van der Waals surface area contributed by atoms with Gasteiger partial charge in [0.05, 0.1) is 24.8 Å². The van der Waals surface area contributed by atoms with Gasteiger partial charge >= 0.3 is 0 Å². The van der Waals surface area contributed by atoms with Gasteiger partial charge in [0.15, 0.2) is 0 Å². The second-order valence-corrected chi connectivity index (χ2v) is 8.45. The van der Waals surface area contributed by atoms with Crippen LogP contribution in [-0.4, -0.2) is 47.8 Å². The Hall–Kier alpha value is -2.61. The van der Waals surface area contributed by atoms with Crippen molar-refractivity contribution in [3.8, 4) is 11.5 Å². The van der Waals surface area contributed by atoms with Crippen molar-refractivity contribution in [3.63, 3.8) is 0 Å². The highest BCUT2D eigenvalue weighted by Crippen LogP contribution is 2.48. The average Bonchev–Trinajstić information content (AvgIpc) is 3.50.